The molecule has 35 heavy (non-hydrogen) atoms. The highest BCUT2D eigenvalue weighted by Crippen LogP contribution is 2.37. The maximum absolute atomic E-state index is 13.5. The fourth-order valence-corrected chi connectivity index (χ4v) is 4.07. The summed E-state index contributed by atoms with van der Waals surface area (Å²) < 4.78 is 13.6. The first-order chi connectivity index (χ1) is 17.0. The van der Waals surface area contributed by atoms with Gasteiger partial charge in [-0.3, -0.25) is 4.79 Å². The van der Waals surface area contributed by atoms with Crippen LogP contribution in [0, 0.1) is 0 Å². The maximum atomic E-state index is 13.5. The van der Waals surface area contributed by atoms with Gasteiger partial charge >= 0.3 is 0 Å². The minimum Gasteiger partial charge on any atom is -0.493 e. The molecule has 0 aliphatic heterocycles. The van der Waals surface area contributed by atoms with Crippen molar-refractivity contribution in [2.75, 3.05) is 13.7 Å². The van der Waals surface area contributed by atoms with E-state index in [9.17, 15) is 4.79 Å². The first-order valence-electron chi connectivity index (χ1n) is 11.5. The molecule has 180 valence electrons. The largest absolute Gasteiger partial charge is 0.493 e. The summed E-state index contributed by atoms with van der Waals surface area (Å²) in [5, 5.41) is 5.38. The van der Waals surface area contributed by atoms with E-state index in [1.54, 1.807) is 36.1 Å². The van der Waals surface area contributed by atoms with Crippen LogP contribution in [-0.2, 0) is 13.6 Å². The number of aryl methyl sites for hydroxylation is 1. The van der Waals surface area contributed by atoms with Gasteiger partial charge in [0.15, 0.2) is 11.5 Å². The molecule has 1 aromatic heterocycles. The number of carbonyl (C=O) groups excluding carboxylic acids is 1. The monoisotopic (exact) mass is 489 g/mol. The lowest BCUT2D eigenvalue weighted by Crippen LogP contribution is -2.31. The standard InChI is InChI=1S/C28H28ClN3O3/c1-4-18-32(27(33)21-14-16-22(29)17-15-21)19-23-26(20-10-6-5-7-11-20)30-31(2)28(23)35-25-13-9-8-12-24(25)34-3/h5-17H,4,18-19H2,1-3H3. The highest BCUT2D eigenvalue weighted by atomic mass is 35.5. The second-order valence-electron chi connectivity index (χ2n) is 8.11. The summed E-state index contributed by atoms with van der Waals surface area (Å²) in [6.07, 6.45) is 0.808. The van der Waals surface area contributed by atoms with E-state index in [1.165, 1.54) is 0 Å². The molecule has 6 nitrogen and oxygen atoms in total. The lowest BCUT2D eigenvalue weighted by Gasteiger charge is -2.23. The molecule has 0 N–H and O–H groups in total. The quantitative estimate of drug-likeness (QED) is 0.266. The van der Waals surface area contributed by atoms with Crippen LogP contribution in [0.1, 0.15) is 29.3 Å². The Morgan fingerprint density at radius 2 is 1.63 bits per heavy atom. The Kier molecular flexibility index (Phi) is 7.73. The highest BCUT2D eigenvalue weighted by Gasteiger charge is 2.25. The van der Waals surface area contributed by atoms with Crippen molar-refractivity contribution in [1.29, 1.82) is 0 Å². The minimum atomic E-state index is -0.0744. The summed E-state index contributed by atoms with van der Waals surface area (Å²) in [6, 6.07) is 24.3. The molecule has 7 heteroatoms. The first-order valence-corrected chi connectivity index (χ1v) is 11.9. The Bertz CT molecular complexity index is 1290. The topological polar surface area (TPSA) is 56.6 Å². The van der Waals surface area contributed by atoms with Crippen LogP contribution in [0.15, 0.2) is 78.9 Å². The SMILES string of the molecule is CCCN(Cc1c(-c2ccccc2)nn(C)c1Oc1ccccc1OC)C(=O)c1ccc(Cl)cc1. The molecular formula is C28H28ClN3O3. The molecule has 0 aliphatic rings. The zero-order valence-corrected chi connectivity index (χ0v) is 20.8. The Hall–Kier alpha value is -3.77. The number of para-hydroxylation sites is 2. The van der Waals surface area contributed by atoms with Crippen molar-refractivity contribution in [2.45, 2.75) is 19.9 Å². The van der Waals surface area contributed by atoms with Gasteiger partial charge in [-0.2, -0.15) is 5.10 Å². The Morgan fingerprint density at radius 1 is 0.971 bits per heavy atom. The van der Waals surface area contributed by atoms with Crippen LogP contribution in [0.4, 0.5) is 0 Å². The van der Waals surface area contributed by atoms with Crippen LogP contribution in [-0.4, -0.2) is 34.2 Å². The molecule has 0 fully saturated rings. The number of aromatic nitrogens is 2. The summed E-state index contributed by atoms with van der Waals surface area (Å²) in [5.41, 5.74) is 3.12. The number of rotatable bonds is 9. The van der Waals surface area contributed by atoms with Crippen molar-refractivity contribution >= 4 is 17.5 Å². The Balaban J connectivity index is 1.78. The summed E-state index contributed by atoms with van der Waals surface area (Å²) in [5.74, 6) is 1.67. The summed E-state index contributed by atoms with van der Waals surface area (Å²) in [7, 11) is 3.45. The zero-order valence-electron chi connectivity index (χ0n) is 20.1. The number of hydrogen-bond donors (Lipinski definition) is 0. The van der Waals surface area contributed by atoms with E-state index in [2.05, 4.69) is 6.92 Å². The molecule has 1 heterocycles. The highest BCUT2D eigenvalue weighted by molar-refractivity contribution is 6.30. The van der Waals surface area contributed by atoms with E-state index < -0.39 is 0 Å². The molecule has 1 amide bonds. The van der Waals surface area contributed by atoms with Crippen LogP contribution in [0.25, 0.3) is 11.3 Å². The molecule has 0 radical (unpaired) electrons. The normalized spacial score (nSPS) is 10.7. The molecule has 0 bridgehead atoms. The summed E-state index contributed by atoms with van der Waals surface area (Å²) in [6.45, 7) is 2.96. The van der Waals surface area contributed by atoms with Crippen molar-refractivity contribution in [3.05, 3.63) is 95.0 Å². The number of ether oxygens (including phenoxy) is 2. The average molecular weight is 490 g/mol. The van der Waals surface area contributed by atoms with Crippen LogP contribution in [0.2, 0.25) is 5.02 Å². The van der Waals surface area contributed by atoms with Gasteiger partial charge in [0.1, 0.15) is 5.69 Å². The molecule has 0 saturated carbocycles. The van der Waals surface area contributed by atoms with E-state index in [0.29, 0.717) is 41.1 Å². The van der Waals surface area contributed by atoms with E-state index in [0.717, 1.165) is 23.2 Å². The van der Waals surface area contributed by atoms with Crippen LogP contribution in [0.5, 0.6) is 17.4 Å². The van der Waals surface area contributed by atoms with Gasteiger partial charge in [0.2, 0.25) is 5.88 Å². The van der Waals surface area contributed by atoms with Gasteiger partial charge in [-0.25, -0.2) is 4.68 Å². The molecule has 0 unspecified atom stereocenters. The van der Waals surface area contributed by atoms with Gasteiger partial charge in [-0.05, 0) is 42.8 Å². The third kappa shape index (κ3) is 5.49. The second-order valence-corrected chi connectivity index (χ2v) is 8.54. The van der Waals surface area contributed by atoms with E-state index in [1.807, 2.05) is 66.5 Å². The number of nitrogens with zero attached hydrogens (tertiary/aromatic N) is 3. The molecule has 0 aliphatic carbocycles. The van der Waals surface area contributed by atoms with Gasteiger partial charge in [0.25, 0.3) is 5.91 Å². The fourth-order valence-electron chi connectivity index (χ4n) is 3.95. The van der Waals surface area contributed by atoms with E-state index >= 15 is 0 Å². The first kappa shape index (κ1) is 24.4. The van der Waals surface area contributed by atoms with Crippen molar-refractivity contribution in [3.8, 4) is 28.6 Å². The van der Waals surface area contributed by atoms with E-state index in [4.69, 9.17) is 26.2 Å². The number of amides is 1. The van der Waals surface area contributed by atoms with E-state index in [-0.39, 0.29) is 5.91 Å². The van der Waals surface area contributed by atoms with Crippen molar-refractivity contribution < 1.29 is 14.3 Å². The van der Waals surface area contributed by atoms with Crippen molar-refractivity contribution in [3.63, 3.8) is 0 Å². The molecule has 3 aromatic carbocycles. The second kappa shape index (κ2) is 11.1. The number of hydrogen-bond acceptors (Lipinski definition) is 4. The summed E-state index contributed by atoms with van der Waals surface area (Å²) in [4.78, 5) is 15.3. The van der Waals surface area contributed by atoms with Crippen molar-refractivity contribution in [1.82, 2.24) is 14.7 Å². The Morgan fingerprint density at radius 3 is 2.29 bits per heavy atom. The lowest BCUT2D eigenvalue weighted by atomic mass is 10.1. The molecular weight excluding hydrogens is 462 g/mol. The van der Waals surface area contributed by atoms with Crippen LogP contribution < -0.4 is 9.47 Å². The maximum Gasteiger partial charge on any atom is 0.254 e. The van der Waals surface area contributed by atoms with Gasteiger partial charge in [0, 0.05) is 29.7 Å². The number of carbonyl (C=O) groups is 1. The van der Waals surface area contributed by atoms with Crippen LogP contribution >= 0.6 is 11.6 Å². The molecule has 0 saturated heterocycles. The van der Waals surface area contributed by atoms with Crippen molar-refractivity contribution in [2.24, 2.45) is 7.05 Å². The van der Waals surface area contributed by atoms with Gasteiger partial charge in [0.05, 0.1) is 19.2 Å². The molecule has 0 spiro atoms. The number of halogens is 1. The minimum absolute atomic E-state index is 0.0744. The predicted molar refractivity (Wildman–Crippen MR) is 138 cm³/mol. The van der Waals surface area contributed by atoms with Crippen LogP contribution in [0.3, 0.4) is 0 Å². The summed E-state index contributed by atoms with van der Waals surface area (Å²) >= 11 is 6.04. The Labute approximate surface area is 210 Å². The third-order valence-corrected chi connectivity index (χ3v) is 5.88. The zero-order chi connectivity index (χ0) is 24.8. The lowest BCUT2D eigenvalue weighted by molar-refractivity contribution is 0.0742. The average Bonchev–Trinajstić information content (AvgIpc) is 3.19. The number of methoxy groups -OCH3 is 1. The van der Waals surface area contributed by atoms with Gasteiger partial charge < -0.3 is 14.4 Å². The molecule has 4 aromatic rings. The molecule has 4 rings (SSSR count). The third-order valence-electron chi connectivity index (χ3n) is 5.63. The molecule has 0 atom stereocenters. The predicted octanol–water partition coefficient (Wildman–Crippen LogP) is 6.59. The fraction of sp³-hybridized carbons (Fsp3) is 0.214. The number of benzene rings is 3. The van der Waals surface area contributed by atoms with Gasteiger partial charge in [-0.15, -0.1) is 0 Å². The van der Waals surface area contributed by atoms with Gasteiger partial charge in [-0.1, -0.05) is 61.0 Å². The smallest absolute Gasteiger partial charge is 0.254 e.